The predicted molar refractivity (Wildman–Crippen MR) is 87.0 cm³/mol. The summed E-state index contributed by atoms with van der Waals surface area (Å²) in [5.41, 5.74) is -1.49. The monoisotopic (exact) mass is 336 g/mol. The Morgan fingerprint density at radius 3 is 2.83 bits per heavy atom. The molecule has 122 valence electrons. The average Bonchev–Trinajstić information content (AvgIpc) is 2.52. The van der Waals surface area contributed by atoms with E-state index in [9.17, 15) is 14.7 Å². The maximum absolute atomic E-state index is 12.2. The number of aliphatic hydroxyl groups is 1. The molecule has 0 bridgehead atoms. The maximum atomic E-state index is 12.2. The zero-order chi connectivity index (χ0) is 17.0. The van der Waals surface area contributed by atoms with Gasteiger partial charge in [0.1, 0.15) is 16.9 Å². The first-order valence-electron chi connectivity index (χ1n) is 6.87. The maximum Gasteiger partial charge on any atom is 0.264 e. The summed E-state index contributed by atoms with van der Waals surface area (Å²) in [5, 5.41) is 13.5. The number of ether oxygens (including phenoxy) is 1. The van der Waals surface area contributed by atoms with Crippen LogP contribution in [-0.2, 0) is 5.60 Å². The second kappa shape index (κ2) is 6.85. The zero-order valence-corrected chi connectivity index (χ0v) is 13.5. The molecule has 0 aliphatic carbocycles. The fourth-order valence-corrected chi connectivity index (χ4v) is 2.30. The molecule has 1 atom stereocenters. The molecule has 0 fully saturated rings. The Bertz CT molecular complexity index is 771. The van der Waals surface area contributed by atoms with Crippen molar-refractivity contribution in [3.05, 3.63) is 63.0 Å². The summed E-state index contributed by atoms with van der Waals surface area (Å²) in [4.78, 5) is 26.5. The van der Waals surface area contributed by atoms with Crippen molar-refractivity contribution in [2.24, 2.45) is 0 Å². The molecular formula is C16H17ClN2O4. The molecule has 0 spiro atoms. The van der Waals surface area contributed by atoms with Crippen LogP contribution in [0.5, 0.6) is 5.75 Å². The Hall–Kier alpha value is -2.31. The van der Waals surface area contributed by atoms with Crippen molar-refractivity contribution in [1.29, 1.82) is 0 Å². The first-order valence-corrected chi connectivity index (χ1v) is 7.25. The number of nitrogens with one attached hydrogen (secondary N) is 2. The number of aromatic nitrogens is 1. The van der Waals surface area contributed by atoms with Gasteiger partial charge >= 0.3 is 0 Å². The Morgan fingerprint density at radius 1 is 1.43 bits per heavy atom. The third-order valence-corrected chi connectivity index (χ3v) is 3.64. The van der Waals surface area contributed by atoms with Crippen molar-refractivity contribution in [1.82, 2.24) is 10.3 Å². The van der Waals surface area contributed by atoms with Crippen LogP contribution in [0.1, 0.15) is 22.8 Å². The molecule has 1 heterocycles. The molecule has 2 rings (SSSR count). The molecule has 6 nitrogen and oxygen atoms in total. The first-order chi connectivity index (χ1) is 10.8. The second-order valence-electron chi connectivity index (χ2n) is 5.22. The minimum Gasteiger partial charge on any atom is -0.496 e. The van der Waals surface area contributed by atoms with Gasteiger partial charge in [-0.1, -0.05) is 23.7 Å². The minimum atomic E-state index is -1.34. The van der Waals surface area contributed by atoms with Crippen LogP contribution in [-0.4, -0.2) is 29.7 Å². The lowest BCUT2D eigenvalue weighted by Gasteiger charge is -2.24. The molecule has 0 aliphatic heterocycles. The van der Waals surface area contributed by atoms with E-state index >= 15 is 0 Å². The molecule has 2 aromatic rings. The summed E-state index contributed by atoms with van der Waals surface area (Å²) in [6.07, 6.45) is 1.39. The van der Waals surface area contributed by atoms with Crippen LogP contribution in [0.4, 0.5) is 0 Å². The lowest BCUT2D eigenvalue weighted by molar-refractivity contribution is 0.0525. The van der Waals surface area contributed by atoms with E-state index in [1.807, 2.05) is 0 Å². The van der Waals surface area contributed by atoms with Crippen molar-refractivity contribution in [3.8, 4) is 5.75 Å². The van der Waals surface area contributed by atoms with Crippen LogP contribution in [0.3, 0.4) is 0 Å². The SMILES string of the molecule is COc1cc[nH]c(=O)c1C(=O)NCC(C)(O)c1cccc(Cl)c1. The summed E-state index contributed by atoms with van der Waals surface area (Å²) in [6, 6.07) is 8.19. The number of carbonyl (C=O) groups is 1. The molecule has 7 heteroatoms. The average molecular weight is 337 g/mol. The number of rotatable bonds is 5. The van der Waals surface area contributed by atoms with Gasteiger partial charge in [0, 0.05) is 11.2 Å². The first kappa shape index (κ1) is 17.1. The number of hydrogen-bond acceptors (Lipinski definition) is 4. The van der Waals surface area contributed by atoms with Crippen molar-refractivity contribution >= 4 is 17.5 Å². The van der Waals surface area contributed by atoms with Gasteiger partial charge in [-0.3, -0.25) is 9.59 Å². The normalized spacial score (nSPS) is 13.2. The van der Waals surface area contributed by atoms with E-state index in [-0.39, 0.29) is 17.9 Å². The highest BCUT2D eigenvalue weighted by molar-refractivity contribution is 6.30. The number of pyridine rings is 1. The molecule has 0 aliphatic rings. The van der Waals surface area contributed by atoms with Crippen molar-refractivity contribution in [3.63, 3.8) is 0 Å². The van der Waals surface area contributed by atoms with E-state index in [1.54, 1.807) is 31.2 Å². The highest BCUT2D eigenvalue weighted by Gasteiger charge is 2.26. The Balaban J connectivity index is 2.17. The Labute approximate surface area is 138 Å². The van der Waals surface area contributed by atoms with Crippen LogP contribution < -0.4 is 15.6 Å². The fraction of sp³-hybridized carbons (Fsp3) is 0.250. The van der Waals surface area contributed by atoms with Gasteiger partial charge in [-0.05, 0) is 30.7 Å². The van der Waals surface area contributed by atoms with Gasteiger partial charge in [0.15, 0.2) is 0 Å². The van der Waals surface area contributed by atoms with E-state index < -0.39 is 17.1 Å². The van der Waals surface area contributed by atoms with E-state index in [2.05, 4.69) is 10.3 Å². The summed E-state index contributed by atoms with van der Waals surface area (Å²) >= 11 is 5.91. The standard InChI is InChI=1S/C16H17ClN2O4/c1-16(22,10-4-3-5-11(17)8-10)9-19-15(21)13-12(23-2)6-7-18-14(13)20/h3-8,22H,9H2,1-2H3,(H,18,20)(H,19,21). The summed E-state index contributed by atoms with van der Waals surface area (Å²) in [5.74, 6) is -0.473. The largest absolute Gasteiger partial charge is 0.496 e. The molecule has 1 unspecified atom stereocenters. The van der Waals surface area contributed by atoms with Crippen LogP contribution >= 0.6 is 11.6 Å². The Morgan fingerprint density at radius 2 is 2.17 bits per heavy atom. The Kier molecular flexibility index (Phi) is 5.08. The zero-order valence-electron chi connectivity index (χ0n) is 12.7. The van der Waals surface area contributed by atoms with Gasteiger partial charge < -0.3 is 20.1 Å². The van der Waals surface area contributed by atoms with E-state index in [0.29, 0.717) is 10.6 Å². The molecule has 0 radical (unpaired) electrons. The molecule has 1 aromatic heterocycles. The van der Waals surface area contributed by atoms with Gasteiger partial charge in [-0.25, -0.2) is 0 Å². The molecule has 3 N–H and O–H groups in total. The van der Waals surface area contributed by atoms with Gasteiger partial charge in [-0.2, -0.15) is 0 Å². The smallest absolute Gasteiger partial charge is 0.264 e. The number of benzene rings is 1. The van der Waals surface area contributed by atoms with Gasteiger partial charge in [0.2, 0.25) is 0 Å². The number of H-pyrrole nitrogens is 1. The van der Waals surface area contributed by atoms with Crippen LogP contribution in [0.25, 0.3) is 0 Å². The lowest BCUT2D eigenvalue weighted by Crippen LogP contribution is -2.40. The number of halogens is 1. The third-order valence-electron chi connectivity index (χ3n) is 3.41. The predicted octanol–water partition coefficient (Wildman–Crippen LogP) is 1.67. The van der Waals surface area contributed by atoms with E-state index in [4.69, 9.17) is 16.3 Å². The number of methoxy groups -OCH3 is 1. The van der Waals surface area contributed by atoms with Crippen molar-refractivity contribution in [2.45, 2.75) is 12.5 Å². The topological polar surface area (TPSA) is 91.4 Å². The highest BCUT2D eigenvalue weighted by Crippen LogP contribution is 2.23. The van der Waals surface area contributed by atoms with Crippen molar-refractivity contribution in [2.75, 3.05) is 13.7 Å². The van der Waals surface area contributed by atoms with Gasteiger partial charge in [-0.15, -0.1) is 0 Å². The summed E-state index contributed by atoms with van der Waals surface area (Å²) < 4.78 is 5.02. The quantitative estimate of drug-likeness (QED) is 0.774. The van der Waals surface area contributed by atoms with E-state index in [0.717, 1.165) is 0 Å². The second-order valence-corrected chi connectivity index (χ2v) is 5.65. The third kappa shape index (κ3) is 3.91. The molecule has 23 heavy (non-hydrogen) atoms. The van der Waals surface area contributed by atoms with Gasteiger partial charge in [0.05, 0.1) is 13.7 Å². The summed E-state index contributed by atoms with van der Waals surface area (Å²) in [7, 11) is 1.37. The van der Waals surface area contributed by atoms with Crippen LogP contribution in [0.2, 0.25) is 5.02 Å². The molecule has 1 amide bonds. The van der Waals surface area contributed by atoms with Crippen molar-refractivity contribution < 1.29 is 14.6 Å². The number of amides is 1. The summed E-state index contributed by atoms with van der Waals surface area (Å²) in [6.45, 7) is 1.45. The highest BCUT2D eigenvalue weighted by atomic mass is 35.5. The molecule has 1 aromatic carbocycles. The number of aromatic amines is 1. The van der Waals surface area contributed by atoms with Crippen LogP contribution in [0.15, 0.2) is 41.3 Å². The van der Waals surface area contributed by atoms with Crippen LogP contribution in [0, 0.1) is 0 Å². The lowest BCUT2D eigenvalue weighted by atomic mass is 9.96. The minimum absolute atomic E-state index is 0.0936. The number of hydrogen-bond donors (Lipinski definition) is 3. The molecule has 0 saturated carbocycles. The van der Waals surface area contributed by atoms with E-state index in [1.165, 1.54) is 19.4 Å². The fourth-order valence-electron chi connectivity index (χ4n) is 2.11. The van der Waals surface area contributed by atoms with Gasteiger partial charge in [0.25, 0.3) is 11.5 Å². The molecular weight excluding hydrogens is 320 g/mol. The molecule has 0 saturated heterocycles. The number of carbonyl (C=O) groups excluding carboxylic acids is 1.